The van der Waals surface area contributed by atoms with Gasteiger partial charge in [0.25, 0.3) is 0 Å². The molecule has 0 unspecified atom stereocenters. The summed E-state index contributed by atoms with van der Waals surface area (Å²) in [6.45, 7) is 10.5. The van der Waals surface area contributed by atoms with E-state index in [4.69, 9.17) is 11.6 Å². The lowest BCUT2D eigenvalue weighted by molar-refractivity contribution is 0.0305. The summed E-state index contributed by atoms with van der Waals surface area (Å²) in [5, 5.41) is 14.0. The molecule has 2 rings (SSSR count). The minimum Gasteiger partial charge on any atom is -0.396 e. The van der Waals surface area contributed by atoms with Gasteiger partial charge < -0.3 is 10.4 Å². The molecule has 0 aromatic heterocycles. The van der Waals surface area contributed by atoms with Crippen molar-refractivity contribution in [2.45, 2.75) is 26.8 Å². The van der Waals surface area contributed by atoms with Crippen LogP contribution in [0.15, 0.2) is 18.2 Å². The third-order valence-electron chi connectivity index (χ3n) is 4.16. The van der Waals surface area contributed by atoms with Gasteiger partial charge in [-0.2, -0.15) is 0 Å². The average Bonchev–Trinajstić information content (AvgIpc) is 2.44. The van der Waals surface area contributed by atoms with Crippen LogP contribution >= 0.6 is 24.0 Å². The standard InChI is InChI=1S/C16H25ClN2O.ClH/c1-12-10-13(4-5-14(12)17)15(16(2,3)11-20)19-8-6-18-7-9-19;/h4-5,10,15,18,20H,6-9,11H2,1-3H3;1H/t15-;/m0./s1. The van der Waals surface area contributed by atoms with Gasteiger partial charge in [0, 0.05) is 49.3 Å². The zero-order chi connectivity index (χ0) is 14.8. The predicted octanol–water partition coefficient (Wildman–Crippen LogP) is 3.04. The summed E-state index contributed by atoms with van der Waals surface area (Å²) >= 11 is 6.15. The van der Waals surface area contributed by atoms with Crippen LogP contribution in [0, 0.1) is 12.3 Å². The molecule has 0 bridgehead atoms. The number of benzene rings is 1. The Morgan fingerprint density at radius 2 is 1.95 bits per heavy atom. The number of hydrogen-bond acceptors (Lipinski definition) is 3. The molecule has 1 aromatic rings. The fraction of sp³-hybridized carbons (Fsp3) is 0.625. The molecule has 1 saturated heterocycles. The Bertz CT molecular complexity index is 460. The van der Waals surface area contributed by atoms with Gasteiger partial charge in [0.1, 0.15) is 0 Å². The molecule has 0 aliphatic carbocycles. The van der Waals surface area contributed by atoms with E-state index in [9.17, 15) is 5.11 Å². The summed E-state index contributed by atoms with van der Waals surface area (Å²) in [5.41, 5.74) is 2.16. The number of hydrogen-bond donors (Lipinski definition) is 2. The summed E-state index contributed by atoms with van der Waals surface area (Å²) in [4.78, 5) is 2.47. The molecule has 5 heteroatoms. The number of halogens is 2. The van der Waals surface area contributed by atoms with Gasteiger partial charge in [0.05, 0.1) is 0 Å². The maximum absolute atomic E-state index is 9.81. The van der Waals surface area contributed by atoms with Crippen LogP contribution in [0.2, 0.25) is 5.02 Å². The van der Waals surface area contributed by atoms with E-state index >= 15 is 0 Å². The number of rotatable bonds is 4. The van der Waals surface area contributed by atoms with Crippen LogP contribution in [0.3, 0.4) is 0 Å². The molecule has 1 atom stereocenters. The highest BCUT2D eigenvalue weighted by Gasteiger charge is 2.35. The second-order valence-corrected chi connectivity index (χ2v) is 6.75. The number of piperazine rings is 1. The Kier molecular flexibility index (Phi) is 6.95. The van der Waals surface area contributed by atoms with E-state index in [2.05, 4.69) is 36.2 Å². The highest BCUT2D eigenvalue weighted by molar-refractivity contribution is 6.31. The van der Waals surface area contributed by atoms with Gasteiger partial charge in [-0.05, 0) is 24.1 Å². The molecule has 1 aliphatic rings. The van der Waals surface area contributed by atoms with Crippen molar-refractivity contribution in [3.8, 4) is 0 Å². The zero-order valence-electron chi connectivity index (χ0n) is 13.0. The van der Waals surface area contributed by atoms with Gasteiger partial charge in [-0.15, -0.1) is 12.4 Å². The number of aliphatic hydroxyl groups excluding tert-OH is 1. The number of nitrogens with one attached hydrogen (secondary N) is 1. The van der Waals surface area contributed by atoms with E-state index in [1.165, 1.54) is 5.56 Å². The molecule has 0 saturated carbocycles. The maximum Gasteiger partial charge on any atom is 0.0500 e. The van der Waals surface area contributed by atoms with Gasteiger partial charge in [0.2, 0.25) is 0 Å². The van der Waals surface area contributed by atoms with Crippen molar-refractivity contribution in [2.24, 2.45) is 5.41 Å². The maximum atomic E-state index is 9.81. The molecule has 3 nitrogen and oxygen atoms in total. The van der Waals surface area contributed by atoms with Crippen LogP contribution in [0.4, 0.5) is 0 Å². The monoisotopic (exact) mass is 332 g/mol. The van der Waals surface area contributed by atoms with Gasteiger partial charge in [-0.25, -0.2) is 0 Å². The fourth-order valence-corrected chi connectivity index (χ4v) is 3.14. The van der Waals surface area contributed by atoms with E-state index in [0.717, 1.165) is 36.8 Å². The molecule has 2 N–H and O–H groups in total. The Balaban J connectivity index is 0.00000220. The third kappa shape index (κ3) is 4.33. The van der Waals surface area contributed by atoms with Gasteiger partial charge in [-0.1, -0.05) is 37.6 Å². The minimum absolute atomic E-state index is 0. The average molecular weight is 333 g/mol. The lowest BCUT2D eigenvalue weighted by atomic mass is 9.79. The first-order valence-electron chi connectivity index (χ1n) is 7.27. The summed E-state index contributed by atoms with van der Waals surface area (Å²) in [7, 11) is 0. The number of aryl methyl sites for hydroxylation is 1. The lowest BCUT2D eigenvalue weighted by Gasteiger charge is -2.43. The smallest absolute Gasteiger partial charge is 0.0500 e. The van der Waals surface area contributed by atoms with E-state index in [1.54, 1.807) is 0 Å². The van der Waals surface area contributed by atoms with E-state index in [0.29, 0.717) is 0 Å². The summed E-state index contributed by atoms with van der Waals surface area (Å²) in [6, 6.07) is 6.44. The second kappa shape index (κ2) is 7.80. The molecule has 120 valence electrons. The molecule has 1 aliphatic heterocycles. The Morgan fingerprint density at radius 1 is 1.33 bits per heavy atom. The van der Waals surface area contributed by atoms with Gasteiger partial charge in [0.15, 0.2) is 0 Å². The van der Waals surface area contributed by atoms with Gasteiger partial charge in [-0.3, -0.25) is 4.90 Å². The topological polar surface area (TPSA) is 35.5 Å². The van der Waals surface area contributed by atoms with Crippen LogP contribution in [-0.2, 0) is 0 Å². The van der Waals surface area contributed by atoms with Crippen molar-refractivity contribution in [1.29, 1.82) is 0 Å². The fourth-order valence-electron chi connectivity index (χ4n) is 3.02. The van der Waals surface area contributed by atoms with Crippen molar-refractivity contribution in [1.82, 2.24) is 10.2 Å². The first kappa shape index (κ1) is 18.7. The van der Waals surface area contributed by atoms with Crippen LogP contribution in [-0.4, -0.2) is 42.8 Å². The Labute approximate surface area is 139 Å². The minimum atomic E-state index is -0.183. The van der Waals surface area contributed by atoms with Crippen LogP contribution in [0.5, 0.6) is 0 Å². The van der Waals surface area contributed by atoms with Crippen molar-refractivity contribution in [3.63, 3.8) is 0 Å². The Hall–Kier alpha value is -0.320. The second-order valence-electron chi connectivity index (χ2n) is 6.34. The van der Waals surface area contributed by atoms with E-state index in [-0.39, 0.29) is 30.5 Å². The summed E-state index contributed by atoms with van der Waals surface area (Å²) in [6.07, 6.45) is 0. The van der Waals surface area contributed by atoms with Crippen molar-refractivity contribution in [3.05, 3.63) is 34.3 Å². The van der Waals surface area contributed by atoms with Crippen LogP contribution in [0.1, 0.15) is 31.0 Å². The lowest BCUT2D eigenvalue weighted by Crippen LogP contribution is -2.49. The molecule has 0 spiro atoms. The van der Waals surface area contributed by atoms with Crippen LogP contribution in [0.25, 0.3) is 0 Å². The number of nitrogens with zero attached hydrogens (tertiary/aromatic N) is 1. The molecule has 1 aromatic carbocycles. The van der Waals surface area contributed by atoms with Crippen LogP contribution < -0.4 is 5.32 Å². The molecule has 0 radical (unpaired) electrons. The molecule has 0 amide bonds. The van der Waals surface area contributed by atoms with Gasteiger partial charge >= 0.3 is 0 Å². The molecular weight excluding hydrogens is 307 g/mol. The normalized spacial score (nSPS) is 18.1. The highest BCUT2D eigenvalue weighted by atomic mass is 35.5. The van der Waals surface area contributed by atoms with Crippen molar-refractivity contribution in [2.75, 3.05) is 32.8 Å². The first-order chi connectivity index (χ1) is 9.45. The molecular formula is C16H26Cl2N2O. The number of aliphatic hydroxyl groups is 1. The largest absolute Gasteiger partial charge is 0.396 e. The van der Waals surface area contributed by atoms with Crippen molar-refractivity contribution >= 4 is 24.0 Å². The van der Waals surface area contributed by atoms with E-state index < -0.39 is 0 Å². The molecule has 21 heavy (non-hydrogen) atoms. The predicted molar refractivity (Wildman–Crippen MR) is 91.5 cm³/mol. The first-order valence-corrected chi connectivity index (χ1v) is 7.65. The molecule has 1 fully saturated rings. The van der Waals surface area contributed by atoms with E-state index in [1.807, 2.05) is 13.0 Å². The highest BCUT2D eigenvalue weighted by Crippen LogP contribution is 2.39. The zero-order valence-corrected chi connectivity index (χ0v) is 14.6. The third-order valence-corrected chi connectivity index (χ3v) is 4.59. The summed E-state index contributed by atoms with van der Waals surface area (Å²) < 4.78 is 0. The molecule has 1 heterocycles. The Morgan fingerprint density at radius 3 is 2.48 bits per heavy atom. The summed E-state index contributed by atoms with van der Waals surface area (Å²) in [5.74, 6) is 0. The SMILES string of the molecule is Cc1cc([C@H](N2CCNCC2)C(C)(C)CO)ccc1Cl.Cl. The van der Waals surface area contributed by atoms with Crippen molar-refractivity contribution < 1.29 is 5.11 Å². The quantitative estimate of drug-likeness (QED) is 0.889.